The summed E-state index contributed by atoms with van der Waals surface area (Å²) in [5.41, 5.74) is 2.45. The van der Waals surface area contributed by atoms with Crippen molar-refractivity contribution in [1.29, 1.82) is 0 Å². The molecule has 0 amide bonds. The highest BCUT2D eigenvalue weighted by atomic mass is 79.9. The van der Waals surface area contributed by atoms with Crippen molar-refractivity contribution >= 4 is 15.9 Å². The maximum Gasteiger partial charge on any atom is 0.0500 e. The number of nitrogens with one attached hydrogen (secondary N) is 1. The molecule has 1 aromatic carbocycles. The Morgan fingerprint density at radius 3 is 2.60 bits per heavy atom. The SMILES string of the molecule is Cc1ccc(Br)cc1[C@H](N1CCNCC1)C(C)(C)CO. The molecule has 0 saturated carbocycles. The summed E-state index contributed by atoms with van der Waals surface area (Å²) in [5, 5.41) is 13.3. The summed E-state index contributed by atoms with van der Waals surface area (Å²) in [6, 6.07) is 6.69. The van der Waals surface area contributed by atoms with Crippen LogP contribution in [0.15, 0.2) is 22.7 Å². The molecule has 1 aromatic rings. The Morgan fingerprint density at radius 1 is 1.35 bits per heavy atom. The predicted octanol–water partition coefficient (Wildman–Crippen LogP) is 2.72. The van der Waals surface area contributed by atoms with E-state index in [1.807, 2.05) is 0 Å². The van der Waals surface area contributed by atoms with Crippen molar-refractivity contribution in [2.24, 2.45) is 5.41 Å². The lowest BCUT2D eigenvalue weighted by atomic mass is 9.78. The van der Waals surface area contributed by atoms with Gasteiger partial charge in [-0.05, 0) is 30.2 Å². The summed E-state index contributed by atoms with van der Waals surface area (Å²) in [4.78, 5) is 2.50. The van der Waals surface area contributed by atoms with E-state index in [0.29, 0.717) is 0 Å². The van der Waals surface area contributed by atoms with Gasteiger partial charge in [-0.1, -0.05) is 35.8 Å². The molecule has 112 valence electrons. The molecule has 0 bridgehead atoms. The number of hydrogen-bond acceptors (Lipinski definition) is 3. The van der Waals surface area contributed by atoms with Crippen LogP contribution < -0.4 is 5.32 Å². The first-order valence-electron chi connectivity index (χ1n) is 7.27. The highest BCUT2D eigenvalue weighted by molar-refractivity contribution is 9.10. The lowest BCUT2D eigenvalue weighted by Crippen LogP contribution is -2.49. The van der Waals surface area contributed by atoms with E-state index >= 15 is 0 Å². The molecule has 1 saturated heterocycles. The molecule has 3 nitrogen and oxygen atoms in total. The largest absolute Gasteiger partial charge is 0.396 e. The first-order valence-corrected chi connectivity index (χ1v) is 8.06. The van der Waals surface area contributed by atoms with Crippen molar-refractivity contribution in [3.8, 4) is 0 Å². The van der Waals surface area contributed by atoms with Crippen LogP contribution in [0.4, 0.5) is 0 Å². The van der Waals surface area contributed by atoms with Gasteiger partial charge in [-0.15, -0.1) is 0 Å². The summed E-state index contributed by atoms with van der Waals surface area (Å²) < 4.78 is 1.10. The maximum absolute atomic E-state index is 9.86. The quantitative estimate of drug-likeness (QED) is 0.884. The van der Waals surface area contributed by atoms with Gasteiger partial charge in [0.05, 0.1) is 0 Å². The van der Waals surface area contributed by atoms with Crippen LogP contribution in [0.25, 0.3) is 0 Å². The van der Waals surface area contributed by atoms with Crippen LogP contribution in [-0.2, 0) is 0 Å². The number of piperazine rings is 1. The second-order valence-corrected chi connectivity index (χ2v) is 7.25. The smallest absolute Gasteiger partial charge is 0.0500 e. The summed E-state index contributed by atoms with van der Waals surface area (Å²) in [5.74, 6) is 0. The fourth-order valence-electron chi connectivity index (χ4n) is 3.04. The van der Waals surface area contributed by atoms with Crippen molar-refractivity contribution in [3.05, 3.63) is 33.8 Å². The number of rotatable bonds is 4. The summed E-state index contributed by atoms with van der Waals surface area (Å²) in [7, 11) is 0. The van der Waals surface area contributed by atoms with Crippen LogP contribution in [0, 0.1) is 12.3 Å². The molecule has 0 radical (unpaired) electrons. The van der Waals surface area contributed by atoms with E-state index < -0.39 is 0 Å². The molecule has 1 aliphatic heterocycles. The lowest BCUT2D eigenvalue weighted by Gasteiger charge is -2.44. The Hall–Kier alpha value is -0.420. The third kappa shape index (κ3) is 3.42. The van der Waals surface area contributed by atoms with E-state index in [0.717, 1.165) is 30.7 Å². The number of halogens is 1. The minimum atomic E-state index is -0.164. The number of nitrogens with zero attached hydrogens (tertiary/aromatic N) is 1. The number of hydrogen-bond donors (Lipinski definition) is 2. The van der Waals surface area contributed by atoms with E-state index in [9.17, 15) is 5.11 Å². The Bertz CT molecular complexity index is 456. The highest BCUT2D eigenvalue weighted by Crippen LogP contribution is 2.40. The second-order valence-electron chi connectivity index (χ2n) is 6.34. The van der Waals surface area contributed by atoms with Gasteiger partial charge in [0, 0.05) is 48.7 Å². The summed E-state index contributed by atoms with van der Waals surface area (Å²) in [6.07, 6.45) is 0. The van der Waals surface area contributed by atoms with Gasteiger partial charge < -0.3 is 10.4 Å². The highest BCUT2D eigenvalue weighted by Gasteiger charge is 2.36. The number of aryl methyl sites for hydroxylation is 1. The zero-order valence-corrected chi connectivity index (χ0v) is 14.2. The molecule has 20 heavy (non-hydrogen) atoms. The van der Waals surface area contributed by atoms with Gasteiger partial charge >= 0.3 is 0 Å². The second kappa shape index (κ2) is 6.56. The van der Waals surface area contributed by atoms with Crippen LogP contribution in [0.5, 0.6) is 0 Å². The number of aliphatic hydroxyl groups is 1. The molecule has 1 aliphatic rings. The topological polar surface area (TPSA) is 35.5 Å². The molecular weight excluding hydrogens is 316 g/mol. The Kier molecular flexibility index (Phi) is 5.24. The Morgan fingerprint density at radius 2 is 2.00 bits per heavy atom. The average Bonchev–Trinajstić information content (AvgIpc) is 2.44. The molecule has 0 unspecified atom stereocenters. The zero-order chi connectivity index (χ0) is 14.8. The molecule has 2 N–H and O–H groups in total. The molecule has 2 rings (SSSR count). The van der Waals surface area contributed by atoms with Crippen LogP contribution in [0.3, 0.4) is 0 Å². The first-order chi connectivity index (χ1) is 9.45. The number of aliphatic hydroxyl groups excluding tert-OH is 1. The zero-order valence-electron chi connectivity index (χ0n) is 12.6. The van der Waals surface area contributed by atoms with Gasteiger partial charge in [-0.25, -0.2) is 0 Å². The van der Waals surface area contributed by atoms with Gasteiger partial charge in [0.2, 0.25) is 0 Å². The van der Waals surface area contributed by atoms with E-state index in [1.165, 1.54) is 11.1 Å². The maximum atomic E-state index is 9.86. The minimum Gasteiger partial charge on any atom is -0.396 e. The van der Waals surface area contributed by atoms with E-state index in [2.05, 4.69) is 65.1 Å². The standard InChI is InChI=1S/C16H25BrN2O/c1-12-4-5-13(17)10-14(12)15(16(2,3)11-20)19-8-6-18-7-9-19/h4-5,10,15,18,20H,6-9,11H2,1-3H3/t15-/m0/s1. The van der Waals surface area contributed by atoms with Crippen LogP contribution in [0.2, 0.25) is 0 Å². The van der Waals surface area contributed by atoms with Crippen LogP contribution >= 0.6 is 15.9 Å². The fourth-order valence-corrected chi connectivity index (χ4v) is 3.42. The van der Waals surface area contributed by atoms with Crippen molar-refractivity contribution in [1.82, 2.24) is 10.2 Å². The summed E-state index contributed by atoms with van der Waals surface area (Å²) >= 11 is 3.58. The van der Waals surface area contributed by atoms with Gasteiger partial charge in [-0.2, -0.15) is 0 Å². The normalized spacial score (nSPS) is 19.1. The van der Waals surface area contributed by atoms with Crippen LogP contribution in [-0.4, -0.2) is 42.8 Å². The molecule has 1 heterocycles. The summed E-state index contributed by atoms with van der Waals surface area (Å²) in [6.45, 7) is 10.7. The first kappa shape index (κ1) is 16.0. The molecule has 0 spiro atoms. The molecular formula is C16H25BrN2O. The third-order valence-electron chi connectivity index (χ3n) is 4.20. The van der Waals surface area contributed by atoms with Gasteiger partial charge in [0.15, 0.2) is 0 Å². The van der Waals surface area contributed by atoms with Crippen molar-refractivity contribution < 1.29 is 5.11 Å². The van der Waals surface area contributed by atoms with Crippen molar-refractivity contribution in [2.75, 3.05) is 32.8 Å². The van der Waals surface area contributed by atoms with Gasteiger partial charge in [-0.3, -0.25) is 4.90 Å². The minimum absolute atomic E-state index is 0.164. The molecule has 1 atom stereocenters. The monoisotopic (exact) mass is 340 g/mol. The van der Waals surface area contributed by atoms with Crippen LogP contribution in [0.1, 0.15) is 31.0 Å². The third-order valence-corrected chi connectivity index (χ3v) is 4.69. The lowest BCUT2D eigenvalue weighted by molar-refractivity contribution is 0.0302. The van der Waals surface area contributed by atoms with E-state index in [4.69, 9.17) is 0 Å². The predicted molar refractivity (Wildman–Crippen MR) is 86.9 cm³/mol. The molecule has 0 aliphatic carbocycles. The molecule has 4 heteroatoms. The van der Waals surface area contributed by atoms with Gasteiger partial charge in [0.1, 0.15) is 0 Å². The fraction of sp³-hybridized carbons (Fsp3) is 0.625. The van der Waals surface area contributed by atoms with E-state index in [-0.39, 0.29) is 18.1 Å². The average molecular weight is 341 g/mol. The van der Waals surface area contributed by atoms with E-state index in [1.54, 1.807) is 0 Å². The molecule has 0 aromatic heterocycles. The van der Waals surface area contributed by atoms with Crippen molar-refractivity contribution in [2.45, 2.75) is 26.8 Å². The van der Waals surface area contributed by atoms with Crippen molar-refractivity contribution in [3.63, 3.8) is 0 Å². The Labute approximate surface area is 130 Å². The molecule has 1 fully saturated rings. The number of benzene rings is 1. The van der Waals surface area contributed by atoms with Gasteiger partial charge in [0.25, 0.3) is 0 Å². The Balaban J connectivity index is 2.42.